The van der Waals surface area contributed by atoms with Gasteiger partial charge in [-0.25, -0.2) is 0 Å². The molecule has 4 heterocycles. The summed E-state index contributed by atoms with van der Waals surface area (Å²) in [6.45, 7) is 0.780. The maximum Gasteiger partial charge on any atom is 0.264 e. The lowest BCUT2D eigenvalue weighted by Gasteiger charge is -2.28. The lowest BCUT2D eigenvalue weighted by molar-refractivity contribution is 0.0679. The monoisotopic (exact) mass is 358 g/mol. The predicted molar refractivity (Wildman–Crippen MR) is 96.4 cm³/mol. The summed E-state index contributed by atoms with van der Waals surface area (Å²) in [5.41, 5.74) is 0.866. The summed E-state index contributed by atoms with van der Waals surface area (Å²) in [4.78, 5) is 16.8. The van der Waals surface area contributed by atoms with Gasteiger partial charge < -0.3 is 9.42 Å². The van der Waals surface area contributed by atoms with Crippen molar-refractivity contribution in [2.45, 2.75) is 31.7 Å². The van der Waals surface area contributed by atoms with E-state index in [1.807, 2.05) is 46.0 Å². The molecule has 1 amide bonds. The van der Waals surface area contributed by atoms with Gasteiger partial charge in [-0.15, -0.1) is 22.7 Å². The molecule has 1 saturated heterocycles. The number of thiophene rings is 2. The number of aromatic nitrogens is 1. The number of hydrogen-bond acceptors (Lipinski definition) is 5. The van der Waals surface area contributed by atoms with Crippen LogP contribution in [-0.2, 0) is 0 Å². The first-order valence-corrected chi connectivity index (χ1v) is 9.94. The Morgan fingerprint density at radius 2 is 2.04 bits per heavy atom. The minimum Gasteiger partial charge on any atom is -0.355 e. The number of carbonyl (C=O) groups is 1. The average Bonchev–Trinajstić information content (AvgIpc) is 3.33. The zero-order valence-corrected chi connectivity index (χ0v) is 14.8. The third-order valence-corrected chi connectivity index (χ3v) is 6.12. The van der Waals surface area contributed by atoms with Crippen LogP contribution in [0.25, 0.3) is 10.6 Å². The van der Waals surface area contributed by atoms with Gasteiger partial charge in [0.15, 0.2) is 5.76 Å². The molecule has 6 heteroatoms. The van der Waals surface area contributed by atoms with Gasteiger partial charge in [-0.2, -0.15) is 0 Å². The third-order valence-electron chi connectivity index (χ3n) is 4.38. The molecule has 0 saturated carbocycles. The molecule has 3 aromatic rings. The van der Waals surface area contributed by atoms with Crippen LogP contribution in [0.1, 0.15) is 47.1 Å². The maximum atomic E-state index is 12.9. The topological polar surface area (TPSA) is 46.3 Å². The van der Waals surface area contributed by atoms with Gasteiger partial charge in [0.1, 0.15) is 5.69 Å². The van der Waals surface area contributed by atoms with Crippen molar-refractivity contribution in [1.82, 2.24) is 10.1 Å². The van der Waals surface area contributed by atoms with Crippen LogP contribution >= 0.6 is 22.7 Å². The molecule has 0 aliphatic carbocycles. The van der Waals surface area contributed by atoms with Gasteiger partial charge in [0.25, 0.3) is 5.91 Å². The van der Waals surface area contributed by atoms with Crippen molar-refractivity contribution in [3.8, 4) is 10.6 Å². The molecule has 0 unspecified atom stereocenters. The molecule has 1 aliphatic rings. The third kappa shape index (κ3) is 3.03. The Balaban J connectivity index is 1.64. The summed E-state index contributed by atoms with van der Waals surface area (Å²) in [6.07, 6.45) is 4.25. The first-order valence-electron chi connectivity index (χ1n) is 8.18. The Kier molecular flexibility index (Phi) is 4.49. The molecule has 0 radical (unpaired) electrons. The summed E-state index contributed by atoms with van der Waals surface area (Å²) >= 11 is 3.13. The summed E-state index contributed by atoms with van der Waals surface area (Å²) in [5.74, 6) is 0.894. The highest BCUT2D eigenvalue weighted by Crippen LogP contribution is 2.34. The minimum absolute atomic E-state index is 0.000405. The Morgan fingerprint density at radius 1 is 1.17 bits per heavy atom. The molecule has 24 heavy (non-hydrogen) atoms. The van der Waals surface area contributed by atoms with Gasteiger partial charge in [-0.1, -0.05) is 30.1 Å². The fraction of sp³-hybridized carbons (Fsp3) is 0.333. The Hall–Kier alpha value is -1.92. The van der Waals surface area contributed by atoms with Crippen molar-refractivity contribution in [3.05, 3.63) is 51.7 Å². The minimum atomic E-state index is -0.000405. The van der Waals surface area contributed by atoms with Crippen molar-refractivity contribution >= 4 is 28.6 Å². The number of likely N-dealkylation sites (tertiary alicyclic amines) is 1. The molecule has 0 bridgehead atoms. The van der Waals surface area contributed by atoms with E-state index in [1.54, 1.807) is 11.3 Å². The number of nitrogens with zero attached hydrogens (tertiary/aromatic N) is 2. The molecular weight excluding hydrogens is 340 g/mol. The Labute approximate surface area is 148 Å². The zero-order chi connectivity index (χ0) is 16.4. The molecule has 0 N–H and O–H groups in total. The van der Waals surface area contributed by atoms with E-state index in [9.17, 15) is 4.79 Å². The largest absolute Gasteiger partial charge is 0.355 e. The van der Waals surface area contributed by atoms with Crippen LogP contribution in [0.5, 0.6) is 0 Å². The predicted octanol–water partition coefficient (Wildman–Crippen LogP) is 5.22. The van der Waals surface area contributed by atoms with Gasteiger partial charge in [0, 0.05) is 12.6 Å². The first-order chi connectivity index (χ1) is 11.8. The van der Waals surface area contributed by atoms with Gasteiger partial charge >= 0.3 is 0 Å². The summed E-state index contributed by atoms with van der Waals surface area (Å²) < 4.78 is 5.55. The summed E-state index contributed by atoms with van der Waals surface area (Å²) in [7, 11) is 0. The van der Waals surface area contributed by atoms with Crippen LogP contribution in [0.2, 0.25) is 0 Å². The van der Waals surface area contributed by atoms with Gasteiger partial charge in [-0.05, 0) is 35.7 Å². The van der Waals surface area contributed by atoms with E-state index in [1.165, 1.54) is 11.3 Å². The van der Waals surface area contributed by atoms with Gasteiger partial charge in [-0.3, -0.25) is 4.79 Å². The zero-order valence-electron chi connectivity index (χ0n) is 13.2. The van der Waals surface area contributed by atoms with E-state index in [0.717, 1.165) is 53.4 Å². The SMILES string of the molecule is O=C(c1cccs1)N1CCCCC[C@@H]1c1cc(-c2cccs2)on1. The van der Waals surface area contributed by atoms with E-state index in [0.29, 0.717) is 0 Å². The number of rotatable bonds is 3. The molecule has 1 aliphatic heterocycles. The summed E-state index contributed by atoms with van der Waals surface area (Å²) in [5, 5.41) is 8.27. The van der Waals surface area contributed by atoms with Crippen LogP contribution in [0.15, 0.2) is 45.6 Å². The first kappa shape index (κ1) is 15.6. The van der Waals surface area contributed by atoms with Crippen molar-refractivity contribution in [2.24, 2.45) is 0 Å². The molecule has 0 aromatic carbocycles. The van der Waals surface area contributed by atoms with E-state index < -0.39 is 0 Å². The van der Waals surface area contributed by atoms with Crippen LogP contribution in [0, 0.1) is 0 Å². The lowest BCUT2D eigenvalue weighted by atomic mass is 10.1. The maximum absolute atomic E-state index is 12.9. The van der Waals surface area contributed by atoms with Crippen molar-refractivity contribution in [2.75, 3.05) is 6.54 Å². The Morgan fingerprint density at radius 3 is 2.83 bits per heavy atom. The van der Waals surface area contributed by atoms with Gasteiger partial charge in [0.05, 0.1) is 15.8 Å². The van der Waals surface area contributed by atoms with Crippen LogP contribution < -0.4 is 0 Å². The Bertz CT molecular complexity index is 793. The second-order valence-corrected chi connectivity index (χ2v) is 7.83. The van der Waals surface area contributed by atoms with Crippen molar-refractivity contribution < 1.29 is 9.32 Å². The van der Waals surface area contributed by atoms with Gasteiger partial charge in [0.2, 0.25) is 0 Å². The number of carbonyl (C=O) groups excluding carboxylic acids is 1. The van der Waals surface area contributed by atoms with E-state index in [2.05, 4.69) is 5.16 Å². The summed E-state index contributed by atoms with van der Waals surface area (Å²) in [6, 6.07) is 9.84. The molecule has 1 atom stereocenters. The van der Waals surface area contributed by atoms with Crippen LogP contribution in [0.4, 0.5) is 0 Å². The molecule has 1 fully saturated rings. The van der Waals surface area contributed by atoms with E-state index >= 15 is 0 Å². The highest BCUT2D eigenvalue weighted by atomic mass is 32.1. The number of hydrogen-bond donors (Lipinski definition) is 0. The molecule has 4 rings (SSSR count). The molecule has 124 valence electrons. The molecule has 0 spiro atoms. The smallest absolute Gasteiger partial charge is 0.264 e. The fourth-order valence-electron chi connectivity index (χ4n) is 3.18. The lowest BCUT2D eigenvalue weighted by Crippen LogP contribution is -2.34. The van der Waals surface area contributed by atoms with Crippen LogP contribution in [-0.4, -0.2) is 22.5 Å². The fourth-order valence-corrected chi connectivity index (χ4v) is 4.53. The second kappa shape index (κ2) is 6.91. The van der Waals surface area contributed by atoms with Crippen LogP contribution in [0.3, 0.4) is 0 Å². The molecule has 3 aromatic heterocycles. The van der Waals surface area contributed by atoms with Crippen molar-refractivity contribution in [3.63, 3.8) is 0 Å². The average molecular weight is 358 g/mol. The van der Waals surface area contributed by atoms with E-state index in [-0.39, 0.29) is 11.9 Å². The second-order valence-electron chi connectivity index (χ2n) is 5.93. The molecule has 4 nitrogen and oxygen atoms in total. The highest BCUT2D eigenvalue weighted by Gasteiger charge is 2.30. The quantitative estimate of drug-likeness (QED) is 0.645. The van der Waals surface area contributed by atoms with Crippen molar-refractivity contribution in [1.29, 1.82) is 0 Å². The standard InChI is InChI=1S/C18H18N2O2S2/c21-18(17-8-5-11-24-17)20-9-3-1-2-6-14(20)13-12-15(22-19-13)16-7-4-10-23-16/h4-5,7-8,10-12,14H,1-3,6,9H2/t14-/m1/s1. The highest BCUT2D eigenvalue weighted by molar-refractivity contribution is 7.13. The normalized spacial score (nSPS) is 18.5. The number of amides is 1. The molecular formula is C18H18N2O2S2. The van der Waals surface area contributed by atoms with E-state index in [4.69, 9.17) is 4.52 Å².